The number of thiazole rings is 1. The zero-order chi connectivity index (χ0) is 14.3. The Balaban J connectivity index is 2.44. The molecule has 0 atom stereocenters. The smallest absolute Gasteiger partial charge is 0.311 e. The molecule has 108 valence electrons. The third-order valence-electron chi connectivity index (χ3n) is 2.38. The normalized spacial score (nSPS) is 11.4. The molecule has 1 N–H and O–H groups in total. The van der Waals surface area contributed by atoms with Crippen LogP contribution in [-0.4, -0.2) is 36.3 Å². The van der Waals surface area contributed by atoms with Gasteiger partial charge in [-0.1, -0.05) is 0 Å². The highest BCUT2D eigenvalue weighted by Gasteiger charge is 2.18. The Hall–Kier alpha value is -1.14. The standard InChI is InChI=1S/C13H22N2O3S/c1-5-17-11(16)7-10-8-19-12(15-10)14-9-13(3,4)18-6-2/h8H,5-7,9H2,1-4H3,(H,14,15). The Bertz CT molecular complexity index is 404. The van der Waals surface area contributed by atoms with Crippen LogP contribution in [0.3, 0.4) is 0 Å². The van der Waals surface area contributed by atoms with E-state index in [1.807, 2.05) is 26.2 Å². The molecule has 0 bridgehead atoms. The predicted molar refractivity (Wildman–Crippen MR) is 76.6 cm³/mol. The number of carbonyl (C=O) groups is 1. The third-order valence-corrected chi connectivity index (χ3v) is 3.23. The fraction of sp³-hybridized carbons (Fsp3) is 0.692. The number of ether oxygens (including phenoxy) is 2. The maximum absolute atomic E-state index is 11.3. The summed E-state index contributed by atoms with van der Waals surface area (Å²) in [6.07, 6.45) is 0.223. The largest absolute Gasteiger partial charge is 0.466 e. The number of hydrogen-bond acceptors (Lipinski definition) is 6. The first-order valence-corrected chi connectivity index (χ1v) is 7.32. The van der Waals surface area contributed by atoms with Crippen molar-refractivity contribution in [2.24, 2.45) is 0 Å². The van der Waals surface area contributed by atoms with Crippen LogP contribution in [0, 0.1) is 0 Å². The molecule has 1 heterocycles. The van der Waals surface area contributed by atoms with Crippen molar-refractivity contribution < 1.29 is 14.3 Å². The topological polar surface area (TPSA) is 60.5 Å². The van der Waals surface area contributed by atoms with Gasteiger partial charge in [0.2, 0.25) is 0 Å². The zero-order valence-electron chi connectivity index (χ0n) is 12.0. The summed E-state index contributed by atoms with van der Waals surface area (Å²) in [5.41, 5.74) is 0.502. The Morgan fingerprint density at radius 3 is 2.79 bits per heavy atom. The molecule has 5 nitrogen and oxygen atoms in total. The summed E-state index contributed by atoms with van der Waals surface area (Å²) in [6, 6.07) is 0. The molecule has 0 aliphatic carbocycles. The highest BCUT2D eigenvalue weighted by molar-refractivity contribution is 7.13. The number of aromatic nitrogens is 1. The Morgan fingerprint density at radius 2 is 2.16 bits per heavy atom. The SMILES string of the molecule is CCOC(=O)Cc1csc(NCC(C)(C)OCC)n1. The summed E-state index contributed by atoms with van der Waals surface area (Å²) < 4.78 is 10.5. The average Bonchev–Trinajstić information content (AvgIpc) is 2.74. The molecular weight excluding hydrogens is 264 g/mol. The Morgan fingerprint density at radius 1 is 1.42 bits per heavy atom. The Labute approximate surface area is 118 Å². The van der Waals surface area contributed by atoms with E-state index >= 15 is 0 Å². The molecule has 1 aromatic heterocycles. The first kappa shape index (κ1) is 15.9. The van der Waals surface area contributed by atoms with E-state index in [1.54, 1.807) is 6.92 Å². The van der Waals surface area contributed by atoms with Gasteiger partial charge in [-0.15, -0.1) is 11.3 Å². The van der Waals surface area contributed by atoms with Crippen molar-refractivity contribution in [2.75, 3.05) is 25.1 Å². The lowest BCUT2D eigenvalue weighted by molar-refractivity contribution is -0.142. The van der Waals surface area contributed by atoms with Crippen LogP contribution < -0.4 is 5.32 Å². The Kier molecular flexibility index (Phi) is 6.24. The van der Waals surface area contributed by atoms with Crippen LogP contribution in [-0.2, 0) is 20.7 Å². The van der Waals surface area contributed by atoms with E-state index in [1.165, 1.54) is 11.3 Å². The van der Waals surface area contributed by atoms with Gasteiger partial charge in [-0.3, -0.25) is 4.79 Å². The van der Waals surface area contributed by atoms with E-state index in [0.29, 0.717) is 19.8 Å². The number of esters is 1. The van der Waals surface area contributed by atoms with Gasteiger partial charge in [0.25, 0.3) is 0 Å². The average molecular weight is 286 g/mol. The molecule has 0 saturated carbocycles. The van der Waals surface area contributed by atoms with Crippen molar-refractivity contribution in [1.82, 2.24) is 4.98 Å². The van der Waals surface area contributed by atoms with E-state index < -0.39 is 0 Å². The molecule has 0 aromatic carbocycles. The van der Waals surface area contributed by atoms with E-state index in [-0.39, 0.29) is 18.0 Å². The second-order valence-electron chi connectivity index (χ2n) is 4.67. The van der Waals surface area contributed by atoms with Crippen molar-refractivity contribution in [2.45, 2.75) is 39.7 Å². The van der Waals surface area contributed by atoms with E-state index in [4.69, 9.17) is 9.47 Å². The van der Waals surface area contributed by atoms with Crippen molar-refractivity contribution in [1.29, 1.82) is 0 Å². The van der Waals surface area contributed by atoms with Gasteiger partial charge in [-0.25, -0.2) is 4.98 Å². The first-order valence-electron chi connectivity index (χ1n) is 6.44. The van der Waals surface area contributed by atoms with Crippen LogP contribution in [0.25, 0.3) is 0 Å². The van der Waals surface area contributed by atoms with Crippen LogP contribution in [0.2, 0.25) is 0 Å². The summed E-state index contributed by atoms with van der Waals surface area (Å²) in [7, 11) is 0. The predicted octanol–water partition coefficient (Wildman–Crippen LogP) is 2.48. The summed E-state index contributed by atoms with van der Waals surface area (Å²) in [5, 5.41) is 5.89. The van der Waals surface area contributed by atoms with Crippen LogP contribution in [0.15, 0.2) is 5.38 Å². The molecule has 0 spiro atoms. The second kappa shape index (κ2) is 7.45. The van der Waals surface area contributed by atoms with Crippen molar-refractivity contribution >= 4 is 22.4 Å². The van der Waals surface area contributed by atoms with Crippen molar-refractivity contribution in [3.63, 3.8) is 0 Å². The molecule has 0 fully saturated rings. The minimum atomic E-state index is -0.242. The first-order chi connectivity index (χ1) is 8.96. The summed E-state index contributed by atoms with van der Waals surface area (Å²) in [4.78, 5) is 15.7. The molecular formula is C13H22N2O3S. The van der Waals surface area contributed by atoms with Gasteiger partial charge >= 0.3 is 5.97 Å². The number of rotatable bonds is 8. The fourth-order valence-corrected chi connectivity index (χ4v) is 2.27. The molecule has 0 radical (unpaired) electrons. The molecule has 0 saturated heterocycles. The zero-order valence-corrected chi connectivity index (χ0v) is 12.8. The quantitative estimate of drug-likeness (QED) is 0.744. The number of nitrogens with zero attached hydrogens (tertiary/aromatic N) is 1. The summed E-state index contributed by atoms with van der Waals surface area (Å²) in [5.74, 6) is -0.242. The molecule has 0 unspecified atom stereocenters. The van der Waals surface area contributed by atoms with Gasteiger partial charge in [0.1, 0.15) is 0 Å². The highest BCUT2D eigenvalue weighted by Crippen LogP contribution is 2.18. The van der Waals surface area contributed by atoms with E-state index in [2.05, 4.69) is 10.3 Å². The van der Waals surface area contributed by atoms with E-state index in [0.717, 1.165) is 10.8 Å². The second-order valence-corrected chi connectivity index (χ2v) is 5.53. The van der Waals surface area contributed by atoms with Crippen molar-refractivity contribution in [3.8, 4) is 0 Å². The lowest BCUT2D eigenvalue weighted by Crippen LogP contribution is -2.33. The van der Waals surface area contributed by atoms with Crippen LogP contribution in [0.1, 0.15) is 33.4 Å². The molecule has 19 heavy (non-hydrogen) atoms. The van der Waals surface area contributed by atoms with Gasteiger partial charge in [0.15, 0.2) is 5.13 Å². The minimum absolute atomic E-state index is 0.223. The molecule has 1 rings (SSSR count). The van der Waals surface area contributed by atoms with Crippen LogP contribution >= 0.6 is 11.3 Å². The van der Waals surface area contributed by atoms with Gasteiger partial charge in [-0.2, -0.15) is 0 Å². The van der Waals surface area contributed by atoms with Gasteiger partial charge in [0, 0.05) is 18.5 Å². The van der Waals surface area contributed by atoms with Gasteiger partial charge < -0.3 is 14.8 Å². The third kappa shape index (κ3) is 6.02. The number of anilines is 1. The molecule has 0 aliphatic rings. The van der Waals surface area contributed by atoms with Gasteiger partial charge in [-0.05, 0) is 27.7 Å². The number of nitrogens with one attached hydrogen (secondary N) is 1. The lowest BCUT2D eigenvalue weighted by Gasteiger charge is -2.24. The minimum Gasteiger partial charge on any atom is -0.466 e. The summed E-state index contributed by atoms with van der Waals surface area (Å²) >= 11 is 1.48. The van der Waals surface area contributed by atoms with Gasteiger partial charge in [0.05, 0.1) is 24.3 Å². The lowest BCUT2D eigenvalue weighted by atomic mass is 10.1. The van der Waals surface area contributed by atoms with E-state index in [9.17, 15) is 4.79 Å². The maximum atomic E-state index is 11.3. The molecule has 1 aromatic rings. The molecule has 0 amide bonds. The van der Waals surface area contributed by atoms with Crippen molar-refractivity contribution in [3.05, 3.63) is 11.1 Å². The van der Waals surface area contributed by atoms with Crippen LogP contribution in [0.4, 0.5) is 5.13 Å². The molecule has 6 heteroatoms. The highest BCUT2D eigenvalue weighted by atomic mass is 32.1. The summed E-state index contributed by atoms with van der Waals surface area (Å²) in [6.45, 7) is 9.57. The maximum Gasteiger partial charge on any atom is 0.311 e. The molecule has 0 aliphatic heterocycles. The number of hydrogen-bond donors (Lipinski definition) is 1. The monoisotopic (exact) mass is 286 g/mol. The number of carbonyl (C=O) groups excluding carboxylic acids is 1. The van der Waals surface area contributed by atoms with Crippen LogP contribution in [0.5, 0.6) is 0 Å². The fourth-order valence-electron chi connectivity index (χ4n) is 1.56.